The lowest BCUT2D eigenvalue weighted by molar-refractivity contribution is 0.0638. The predicted molar refractivity (Wildman–Crippen MR) is 62.4 cm³/mol. The van der Waals surface area contributed by atoms with Gasteiger partial charge in [0.2, 0.25) is 0 Å². The molecule has 1 aromatic carbocycles. The summed E-state index contributed by atoms with van der Waals surface area (Å²) >= 11 is 0. The number of halogens is 2. The lowest BCUT2D eigenvalue weighted by Crippen LogP contribution is -2.35. The van der Waals surface area contributed by atoms with E-state index in [-0.39, 0.29) is 0 Å². The Morgan fingerprint density at radius 2 is 2.00 bits per heavy atom. The number of ether oxygens (including phenoxy) is 1. The summed E-state index contributed by atoms with van der Waals surface area (Å²) in [5.41, 5.74) is 1.24. The molecule has 1 aromatic rings. The molecule has 0 aromatic heterocycles. The summed E-state index contributed by atoms with van der Waals surface area (Å²) in [4.78, 5) is 2.06. The van der Waals surface area contributed by atoms with E-state index in [9.17, 15) is 8.78 Å². The lowest BCUT2D eigenvalue weighted by atomic mass is 10.1. The Labute approximate surface area is 99.5 Å². The van der Waals surface area contributed by atoms with Crippen LogP contribution < -0.4 is 0 Å². The predicted octanol–water partition coefficient (Wildman–Crippen LogP) is 2.66. The third kappa shape index (κ3) is 2.64. The molecular formula is C13H15F2NO. The van der Waals surface area contributed by atoms with Gasteiger partial charge in [0, 0.05) is 30.4 Å². The summed E-state index contributed by atoms with van der Waals surface area (Å²) in [6.07, 6.45) is 1.85. The maximum Gasteiger partial charge on any atom is 0.135 e. The van der Waals surface area contributed by atoms with Crippen molar-refractivity contribution in [3.63, 3.8) is 0 Å². The van der Waals surface area contributed by atoms with Crippen molar-refractivity contribution in [2.45, 2.75) is 6.92 Å². The smallest absolute Gasteiger partial charge is 0.135 e. The highest BCUT2D eigenvalue weighted by Gasteiger charge is 2.17. The summed E-state index contributed by atoms with van der Waals surface area (Å²) in [5.74, 6) is -1.08. The first-order chi connectivity index (χ1) is 8.22. The Balaban J connectivity index is 2.28. The fourth-order valence-electron chi connectivity index (χ4n) is 2.01. The van der Waals surface area contributed by atoms with Gasteiger partial charge in [-0.15, -0.1) is 0 Å². The maximum absolute atomic E-state index is 13.7. The summed E-state index contributed by atoms with van der Waals surface area (Å²) in [7, 11) is 0. The number of allylic oxidation sites excluding steroid dienone is 1. The molecule has 0 atom stereocenters. The highest BCUT2D eigenvalue weighted by molar-refractivity contribution is 5.64. The van der Waals surface area contributed by atoms with Gasteiger partial charge in [0.05, 0.1) is 13.2 Å². The van der Waals surface area contributed by atoms with E-state index in [0.29, 0.717) is 18.8 Å². The normalized spacial score (nSPS) is 17.4. The monoisotopic (exact) mass is 239 g/mol. The minimum atomic E-state index is -0.552. The molecule has 1 heterocycles. The van der Waals surface area contributed by atoms with Gasteiger partial charge in [0.1, 0.15) is 11.6 Å². The number of morpholine rings is 1. The number of nitrogens with zero attached hydrogens (tertiary/aromatic N) is 1. The van der Waals surface area contributed by atoms with E-state index in [1.165, 1.54) is 12.1 Å². The molecule has 0 spiro atoms. The van der Waals surface area contributed by atoms with Crippen molar-refractivity contribution >= 4 is 5.70 Å². The third-order valence-electron chi connectivity index (χ3n) is 2.83. The molecule has 2 rings (SSSR count). The van der Waals surface area contributed by atoms with E-state index in [0.717, 1.165) is 24.9 Å². The van der Waals surface area contributed by atoms with Crippen molar-refractivity contribution in [3.05, 3.63) is 41.5 Å². The van der Waals surface area contributed by atoms with Crippen molar-refractivity contribution in [2.24, 2.45) is 0 Å². The Morgan fingerprint density at radius 1 is 1.29 bits per heavy atom. The van der Waals surface area contributed by atoms with Crippen molar-refractivity contribution in [2.75, 3.05) is 26.3 Å². The minimum absolute atomic E-state index is 0.441. The van der Waals surface area contributed by atoms with E-state index in [4.69, 9.17) is 4.74 Å². The zero-order chi connectivity index (χ0) is 12.3. The van der Waals surface area contributed by atoms with Gasteiger partial charge < -0.3 is 9.64 Å². The van der Waals surface area contributed by atoms with Gasteiger partial charge in [0.15, 0.2) is 0 Å². The van der Waals surface area contributed by atoms with Crippen LogP contribution >= 0.6 is 0 Å². The molecule has 1 aliphatic heterocycles. The van der Waals surface area contributed by atoms with Crippen LogP contribution in [0.15, 0.2) is 24.3 Å². The summed E-state index contributed by atoms with van der Waals surface area (Å²) in [6.45, 7) is 4.60. The summed E-state index contributed by atoms with van der Waals surface area (Å²) in [6, 6.07) is 3.68. The molecule has 92 valence electrons. The molecule has 0 amide bonds. The average Bonchev–Trinajstić information content (AvgIpc) is 2.34. The van der Waals surface area contributed by atoms with Crippen LogP contribution in [0.3, 0.4) is 0 Å². The number of hydrogen-bond acceptors (Lipinski definition) is 2. The van der Waals surface area contributed by atoms with Crippen LogP contribution in [0.25, 0.3) is 5.70 Å². The van der Waals surface area contributed by atoms with Crippen LogP contribution in [0.2, 0.25) is 0 Å². The van der Waals surface area contributed by atoms with Crippen molar-refractivity contribution < 1.29 is 13.5 Å². The average molecular weight is 239 g/mol. The molecule has 0 saturated carbocycles. The van der Waals surface area contributed by atoms with E-state index in [2.05, 4.69) is 4.90 Å². The van der Waals surface area contributed by atoms with Crippen molar-refractivity contribution in [1.29, 1.82) is 0 Å². The van der Waals surface area contributed by atoms with Gasteiger partial charge in [-0.25, -0.2) is 8.78 Å². The second kappa shape index (κ2) is 5.27. The summed E-state index contributed by atoms with van der Waals surface area (Å²) < 4.78 is 31.8. The Kier molecular flexibility index (Phi) is 3.74. The van der Waals surface area contributed by atoms with Gasteiger partial charge in [-0.1, -0.05) is 6.08 Å². The molecule has 0 radical (unpaired) electrons. The second-order valence-corrected chi connectivity index (χ2v) is 3.90. The fourth-order valence-corrected chi connectivity index (χ4v) is 2.01. The molecule has 0 bridgehead atoms. The zero-order valence-corrected chi connectivity index (χ0v) is 9.75. The van der Waals surface area contributed by atoms with Crippen molar-refractivity contribution in [3.8, 4) is 0 Å². The van der Waals surface area contributed by atoms with Crippen molar-refractivity contribution in [1.82, 2.24) is 4.90 Å². The lowest BCUT2D eigenvalue weighted by Gasteiger charge is -2.31. The third-order valence-corrected chi connectivity index (χ3v) is 2.83. The van der Waals surface area contributed by atoms with Gasteiger partial charge in [0.25, 0.3) is 0 Å². The molecular weight excluding hydrogens is 224 g/mol. The largest absolute Gasteiger partial charge is 0.378 e. The number of hydrogen-bond donors (Lipinski definition) is 0. The van der Waals surface area contributed by atoms with Crippen LogP contribution in [-0.2, 0) is 4.74 Å². The fraction of sp³-hybridized carbons (Fsp3) is 0.385. The van der Waals surface area contributed by atoms with E-state index in [1.54, 1.807) is 0 Å². The quantitative estimate of drug-likeness (QED) is 0.786. The SMILES string of the molecule is C/C=C(/c1ccc(F)cc1F)N1CCOCC1. The number of benzene rings is 1. The minimum Gasteiger partial charge on any atom is -0.378 e. The van der Waals surface area contributed by atoms with Gasteiger partial charge in [-0.3, -0.25) is 0 Å². The Bertz CT molecular complexity index is 425. The zero-order valence-electron chi connectivity index (χ0n) is 9.75. The van der Waals surface area contributed by atoms with Crippen LogP contribution in [0.1, 0.15) is 12.5 Å². The van der Waals surface area contributed by atoms with Gasteiger partial charge in [-0.2, -0.15) is 0 Å². The summed E-state index contributed by atoms with van der Waals surface area (Å²) in [5, 5.41) is 0. The standard InChI is InChI=1S/C13H15F2NO/c1-2-13(16-5-7-17-8-6-16)11-4-3-10(14)9-12(11)15/h2-4,9H,5-8H2,1H3/b13-2-. The molecule has 2 nitrogen and oxygen atoms in total. The van der Waals surface area contributed by atoms with E-state index < -0.39 is 11.6 Å². The molecule has 4 heteroatoms. The van der Waals surface area contributed by atoms with E-state index in [1.807, 2.05) is 13.0 Å². The molecule has 17 heavy (non-hydrogen) atoms. The molecule has 1 saturated heterocycles. The van der Waals surface area contributed by atoms with Crippen LogP contribution in [-0.4, -0.2) is 31.2 Å². The highest BCUT2D eigenvalue weighted by atomic mass is 19.1. The van der Waals surface area contributed by atoms with E-state index >= 15 is 0 Å². The molecule has 1 fully saturated rings. The number of rotatable bonds is 2. The molecule has 0 N–H and O–H groups in total. The van der Waals surface area contributed by atoms with Crippen LogP contribution in [0, 0.1) is 11.6 Å². The van der Waals surface area contributed by atoms with Crippen LogP contribution in [0.5, 0.6) is 0 Å². The Morgan fingerprint density at radius 3 is 2.59 bits per heavy atom. The molecule has 0 aliphatic carbocycles. The first kappa shape index (κ1) is 12.0. The molecule has 1 aliphatic rings. The topological polar surface area (TPSA) is 12.5 Å². The van der Waals surface area contributed by atoms with Gasteiger partial charge in [-0.05, 0) is 19.1 Å². The maximum atomic E-state index is 13.7. The first-order valence-electron chi connectivity index (χ1n) is 5.67. The first-order valence-corrected chi connectivity index (χ1v) is 5.67. The van der Waals surface area contributed by atoms with Gasteiger partial charge >= 0.3 is 0 Å². The molecule has 0 unspecified atom stereocenters. The van der Waals surface area contributed by atoms with Crippen LogP contribution in [0.4, 0.5) is 8.78 Å². The Hall–Kier alpha value is -1.42. The highest BCUT2D eigenvalue weighted by Crippen LogP contribution is 2.23. The second-order valence-electron chi connectivity index (χ2n) is 3.90.